The Kier molecular flexibility index (Phi) is 2.79. The molecule has 3 heteroatoms. The summed E-state index contributed by atoms with van der Waals surface area (Å²) in [7, 11) is 0. The van der Waals surface area contributed by atoms with Crippen molar-refractivity contribution < 1.29 is 4.74 Å². The van der Waals surface area contributed by atoms with Crippen molar-refractivity contribution in [1.29, 1.82) is 0 Å². The first-order chi connectivity index (χ1) is 6.81. The van der Waals surface area contributed by atoms with Crippen molar-refractivity contribution in [3.05, 3.63) is 36.9 Å². The van der Waals surface area contributed by atoms with Crippen LogP contribution in [0.25, 0.3) is 0 Å². The standard InChI is InChI=1S/C11H13NOS/c1-2-8(12)10-7-14-11-6-4-3-5-9(11)13-10/h2-6,8,10H,1,7,12H2. The second kappa shape index (κ2) is 4.07. The largest absolute Gasteiger partial charge is 0.486 e. The number of hydrogen-bond acceptors (Lipinski definition) is 3. The molecule has 0 bridgehead atoms. The smallest absolute Gasteiger partial charge is 0.133 e. The predicted octanol–water partition coefficient (Wildman–Crippen LogP) is 2.05. The maximum absolute atomic E-state index is 5.85. The van der Waals surface area contributed by atoms with Gasteiger partial charge in [-0.25, -0.2) is 0 Å². The number of ether oxygens (including phenoxy) is 1. The van der Waals surface area contributed by atoms with Crippen LogP contribution in [0.15, 0.2) is 41.8 Å². The van der Waals surface area contributed by atoms with Crippen molar-refractivity contribution in [3.63, 3.8) is 0 Å². The topological polar surface area (TPSA) is 35.2 Å². The summed E-state index contributed by atoms with van der Waals surface area (Å²) >= 11 is 1.79. The first-order valence-electron chi connectivity index (χ1n) is 4.58. The highest BCUT2D eigenvalue weighted by Crippen LogP contribution is 2.35. The summed E-state index contributed by atoms with van der Waals surface area (Å²) in [5.74, 6) is 1.83. The van der Waals surface area contributed by atoms with Crippen molar-refractivity contribution in [1.82, 2.24) is 0 Å². The number of rotatable bonds is 2. The van der Waals surface area contributed by atoms with Gasteiger partial charge in [0.05, 0.1) is 6.04 Å². The summed E-state index contributed by atoms with van der Waals surface area (Å²) < 4.78 is 5.77. The highest BCUT2D eigenvalue weighted by atomic mass is 32.2. The van der Waals surface area contributed by atoms with Gasteiger partial charge in [-0.3, -0.25) is 0 Å². The fourth-order valence-electron chi connectivity index (χ4n) is 1.38. The molecule has 0 spiro atoms. The van der Waals surface area contributed by atoms with Gasteiger partial charge in [-0.15, -0.1) is 18.3 Å². The molecule has 0 aliphatic carbocycles. The summed E-state index contributed by atoms with van der Waals surface area (Å²) in [5, 5.41) is 0. The van der Waals surface area contributed by atoms with Crippen molar-refractivity contribution >= 4 is 11.8 Å². The Hall–Kier alpha value is -0.930. The molecule has 1 heterocycles. The van der Waals surface area contributed by atoms with Crippen LogP contribution in [0.4, 0.5) is 0 Å². The van der Waals surface area contributed by atoms with Crippen molar-refractivity contribution in [2.24, 2.45) is 5.73 Å². The minimum Gasteiger partial charge on any atom is -0.486 e. The first-order valence-corrected chi connectivity index (χ1v) is 5.56. The number of thioether (sulfide) groups is 1. The summed E-state index contributed by atoms with van der Waals surface area (Å²) in [6.07, 6.45) is 1.78. The first kappa shape index (κ1) is 9.62. The zero-order valence-corrected chi connectivity index (χ0v) is 8.67. The minimum atomic E-state index is -0.0872. The van der Waals surface area contributed by atoms with E-state index in [1.807, 2.05) is 18.2 Å². The van der Waals surface area contributed by atoms with Crippen LogP contribution in [0.3, 0.4) is 0 Å². The molecule has 0 saturated carbocycles. The van der Waals surface area contributed by atoms with E-state index >= 15 is 0 Å². The Balaban J connectivity index is 2.17. The molecule has 1 aromatic carbocycles. The average Bonchev–Trinajstić information content (AvgIpc) is 2.27. The van der Waals surface area contributed by atoms with E-state index in [1.165, 1.54) is 4.90 Å². The van der Waals surface area contributed by atoms with Crippen LogP contribution >= 0.6 is 11.8 Å². The molecule has 1 aliphatic rings. The third-order valence-electron chi connectivity index (χ3n) is 2.23. The van der Waals surface area contributed by atoms with Crippen LogP contribution in [-0.2, 0) is 0 Å². The molecule has 0 aromatic heterocycles. The highest BCUT2D eigenvalue weighted by molar-refractivity contribution is 7.99. The van der Waals surface area contributed by atoms with E-state index in [2.05, 4.69) is 12.6 Å². The van der Waals surface area contributed by atoms with Crippen LogP contribution in [0.2, 0.25) is 0 Å². The molecule has 2 N–H and O–H groups in total. The molecular formula is C11H13NOS. The molecule has 1 aliphatic heterocycles. The normalized spacial score (nSPS) is 21.9. The Labute approximate surface area is 88.1 Å². The van der Waals surface area contributed by atoms with Crippen LogP contribution in [0.1, 0.15) is 0 Å². The molecule has 14 heavy (non-hydrogen) atoms. The Morgan fingerprint density at radius 2 is 2.36 bits per heavy atom. The van der Waals surface area contributed by atoms with Gasteiger partial charge in [0.25, 0.3) is 0 Å². The lowest BCUT2D eigenvalue weighted by molar-refractivity contribution is 0.201. The second-order valence-electron chi connectivity index (χ2n) is 3.23. The fraction of sp³-hybridized carbons (Fsp3) is 0.273. The summed E-state index contributed by atoms with van der Waals surface area (Å²) in [6.45, 7) is 3.68. The summed E-state index contributed by atoms with van der Waals surface area (Å²) in [5.41, 5.74) is 5.85. The van der Waals surface area contributed by atoms with Gasteiger partial charge in [0.15, 0.2) is 0 Å². The lowest BCUT2D eigenvalue weighted by Crippen LogP contribution is -2.40. The molecule has 0 amide bonds. The summed E-state index contributed by atoms with van der Waals surface area (Å²) in [6, 6.07) is 7.94. The molecule has 2 rings (SSSR count). The van der Waals surface area contributed by atoms with Gasteiger partial charge in [-0.05, 0) is 12.1 Å². The number of hydrogen-bond donors (Lipinski definition) is 1. The number of benzene rings is 1. The monoisotopic (exact) mass is 207 g/mol. The number of para-hydroxylation sites is 1. The predicted molar refractivity (Wildman–Crippen MR) is 59.8 cm³/mol. The fourth-order valence-corrected chi connectivity index (χ4v) is 2.44. The Morgan fingerprint density at radius 3 is 3.14 bits per heavy atom. The molecule has 0 radical (unpaired) electrons. The quantitative estimate of drug-likeness (QED) is 0.754. The number of nitrogens with two attached hydrogens (primary N) is 1. The van der Waals surface area contributed by atoms with Gasteiger partial charge in [0, 0.05) is 10.6 Å². The maximum atomic E-state index is 5.85. The van der Waals surface area contributed by atoms with E-state index in [0.29, 0.717) is 0 Å². The molecule has 2 atom stereocenters. The lowest BCUT2D eigenvalue weighted by atomic mass is 10.2. The van der Waals surface area contributed by atoms with E-state index in [9.17, 15) is 0 Å². The maximum Gasteiger partial charge on any atom is 0.133 e. The average molecular weight is 207 g/mol. The second-order valence-corrected chi connectivity index (χ2v) is 4.29. The van der Waals surface area contributed by atoms with Crippen molar-refractivity contribution in [3.8, 4) is 5.75 Å². The van der Waals surface area contributed by atoms with E-state index in [-0.39, 0.29) is 12.1 Å². The van der Waals surface area contributed by atoms with Crippen molar-refractivity contribution in [2.45, 2.75) is 17.0 Å². The molecule has 1 aromatic rings. The van der Waals surface area contributed by atoms with Gasteiger partial charge < -0.3 is 10.5 Å². The van der Waals surface area contributed by atoms with E-state index < -0.39 is 0 Å². The van der Waals surface area contributed by atoms with Crippen LogP contribution in [0, 0.1) is 0 Å². The lowest BCUT2D eigenvalue weighted by Gasteiger charge is -2.28. The van der Waals surface area contributed by atoms with Gasteiger partial charge in [0.2, 0.25) is 0 Å². The van der Waals surface area contributed by atoms with Gasteiger partial charge >= 0.3 is 0 Å². The van der Waals surface area contributed by atoms with E-state index in [0.717, 1.165) is 11.5 Å². The van der Waals surface area contributed by atoms with Crippen LogP contribution < -0.4 is 10.5 Å². The molecule has 74 valence electrons. The van der Waals surface area contributed by atoms with Gasteiger partial charge in [-0.1, -0.05) is 18.2 Å². The van der Waals surface area contributed by atoms with Gasteiger partial charge in [-0.2, -0.15) is 0 Å². The van der Waals surface area contributed by atoms with E-state index in [4.69, 9.17) is 10.5 Å². The SMILES string of the molecule is C=CC(N)C1CSc2ccccc2O1. The molecular weight excluding hydrogens is 194 g/mol. The third kappa shape index (κ3) is 1.79. The van der Waals surface area contributed by atoms with E-state index in [1.54, 1.807) is 17.8 Å². The Bertz CT molecular complexity index is 340. The summed E-state index contributed by atoms with van der Waals surface area (Å²) in [4.78, 5) is 1.19. The van der Waals surface area contributed by atoms with Crippen molar-refractivity contribution in [2.75, 3.05) is 5.75 Å². The highest BCUT2D eigenvalue weighted by Gasteiger charge is 2.23. The van der Waals surface area contributed by atoms with Gasteiger partial charge in [0.1, 0.15) is 11.9 Å². The zero-order chi connectivity index (χ0) is 9.97. The molecule has 0 saturated heterocycles. The molecule has 2 unspecified atom stereocenters. The molecule has 2 nitrogen and oxygen atoms in total. The minimum absolute atomic E-state index is 0.0485. The van der Waals surface area contributed by atoms with Crippen LogP contribution in [0.5, 0.6) is 5.75 Å². The van der Waals surface area contributed by atoms with Crippen LogP contribution in [-0.4, -0.2) is 17.9 Å². The third-order valence-corrected chi connectivity index (χ3v) is 3.38. The zero-order valence-electron chi connectivity index (χ0n) is 7.85. The Morgan fingerprint density at radius 1 is 1.57 bits per heavy atom. The molecule has 0 fully saturated rings. The number of fused-ring (bicyclic) bond motifs is 1.